The highest BCUT2D eigenvalue weighted by Gasteiger charge is 2.02. The third-order valence-electron chi connectivity index (χ3n) is 2.30. The van der Waals surface area contributed by atoms with Crippen molar-refractivity contribution >= 4 is 34.4 Å². The summed E-state index contributed by atoms with van der Waals surface area (Å²) in [5, 5.41) is 3.12. The lowest BCUT2D eigenvalue weighted by Gasteiger charge is -2.09. The minimum absolute atomic E-state index is 0.0680. The number of nitrogen functional groups attached to an aromatic ring is 2. The third-order valence-corrected chi connectivity index (χ3v) is 2.58. The van der Waals surface area contributed by atoms with Gasteiger partial charge in [0, 0.05) is 11.4 Å². The van der Waals surface area contributed by atoms with Crippen molar-refractivity contribution in [2.45, 2.75) is 0 Å². The van der Waals surface area contributed by atoms with Crippen molar-refractivity contribution in [2.75, 3.05) is 16.8 Å². The average Bonchev–Trinajstić information content (AvgIpc) is 2.29. The van der Waals surface area contributed by atoms with Crippen molar-refractivity contribution < 1.29 is 4.39 Å². The van der Waals surface area contributed by atoms with Crippen LogP contribution in [-0.2, 0) is 0 Å². The number of nitrogens with two attached hydrogens (primary N) is 2. The van der Waals surface area contributed by atoms with E-state index in [1.807, 2.05) is 0 Å². The SMILES string of the molecule is Nc1ccc(Nc2ccc(F)c(Cl)c2)cc1N. The summed E-state index contributed by atoms with van der Waals surface area (Å²) in [6.07, 6.45) is 0. The Kier molecular flexibility index (Phi) is 3.06. The molecule has 0 aliphatic rings. The second kappa shape index (κ2) is 4.51. The lowest BCUT2D eigenvalue weighted by Crippen LogP contribution is -1.97. The van der Waals surface area contributed by atoms with Crippen LogP contribution in [0.1, 0.15) is 0 Å². The third kappa shape index (κ3) is 2.60. The van der Waals surface area contributed by atoms with Crippen LogP contribution in [-0.4, -0.2) is 0 Å². The molecular formula is C12H11ClFN3. The molecule has 0 fully saturated rings. The molecule has 88 valence electrons. The second-order valence-electron chi connectivity index (χ2n) is 3.60. The zero-order valence-corrected chi connectivity index (χ0v) is 9.63. The number of benzene rings is 2. The molecule has 0 saturated heterocycles. The van der Waals surface area contributed by atoms with Crippen LogP contribution in [0.2, 0.25) is 5.02 Å². The van der Waals surface area contributed by atoms with Crippen molar-refractivity contribution in [3.05, 3.63) is 47.2 Å². The number of anilines is 4. The van der Waals surface area contributed by atoms with Crippen molar-refractivity contribution in [1.82, 2.24) is 0 Å². The van der Waals surface area contributed by atoms with Gasteiger partial charge in [-0.1, -0.05) is 11.6 Å². The highest BCUT2D eigenvalue weighted by atomic mass is 35.5. The van der Waals surface area contributed by atoms with Gasteiger partial charge in [-0.2, -0.15) is 0 Å². The first-order valence-corrected chi connectivity index (χ1v) is 5.31. The van der Waals surface area contributed by atoms with Gasteiger partial charge >= 0.3 is 0 Å². The Bertz CT molecular complexity index is 508. The molecule has 0 aliphatic carbocycles. The zero-order chi connectivity index (χ0) is 12.4. The maximum atomic E-state index is 13.0. The van der Waals surface area contributed by atoms with Crippen LogP contribution < -0.4 is 16.8 Å². The van der Waals surface area contributed by atoms with Crippen LogP contribution in [0.5, 0.6) is 0 Å². The van der Waals surface area contributed by atoms with Crippen LogP contribution in [0.4, 0.5) is 27.1 Å². The second-order valence-corrected chi connectivity index (χ2v) is 4.00. The van der Waals surface area contributed by atoms with E-state index in [4.69, 9.17) is 23.1 Å². The van der Waals surface area contributed by atoms with Gasteiger partial charge in [0.1, 0.15) is 5.82 Å². The van der Waals surface area contributed by atoms with E-state index in [1.54, 1.807) is 24.3 Å². The topological polar surface area (TPSA) is 64.1 Å². The monoisotopic (exact) mass is 251 g/mol. The maximum Gasteiger partial charge on any atom is 0.141 e. The quantitative estimate of drug-likeness (QED) is 0.717. The molecular weight excluding hydrogens is 241 g/mol. The fourth-order valence-corrected chi connectivity index (χ4v) is 1.57. The number of rotatable bonds is 2. The Morgan fingerprint density at radius 2 is 1.59 bits per heavy atom. The molecule has 2 aromatic rings. The van der Waals surface area contributed by atoms with E-state index in [0.717, 1.165) is 5.69 Å². The summed E-state index contributed by atoms with van der Waals surface area (Å²) < 4.78 is 13.0. The van der Waals surface area contributed by atoms with Crippen LogP contribution in [0.15, 0.2) is 36.4 Å². The summed E-state index contributed by atoms with van der Waals surface area (Å²) in [5.74, 6) is -0.450. The van der Waals surface area contributed by atoms with Crippen molar-refractivity contribution in [3.8, 4) is 0 Å². The molecule has 3 nitrogen and oxygen atoms in total. The molecule has 5 heteroatoms. The van der Waals surface area contributed by atoms with Gasteiger partial charge in [-0.3, -0.25) is 0 Å². The predicted molar refractivity (Wildman–Crippen MR) is 70.0 cm³/mol. The highest BCUT2D eigenvalue weighted by molar-refractivity contribution is 6.31. The van der Waals surface area contributed by atoms with Gasteiger partial charge in [-0.15, -0.1) is 0 Å². The largest absolute Gasteiger partial charge is 0.397 e. The van der Waals surface area contributed by atoms with Gasteiger partial charge in [-0.25, -0.2) is 4.39 Å². The van der Waals surface area contributed by atoms with E-state index in [1.165, 1.54) is 12.1 Å². The van der Waals surface area contributed by atoms with Gasteiger partial charge in [0.05, 0.1) is 16.4 Å². The Morgan fingerprint density at radius 3 is 2.24 bits per heavy atom. The summed E-state index contributed by atoms with van der Waals surface area (Å²) in [6.45, 7) is 0. The predicted octanol–water partition coefficient (Wildman–Crippen LogP) is 3.39. The fourth-order valence-electron chi connectivity index (χ4n) is 1.39. The van der Waals surface area contributed by atoms with Crippen molar-refractivity contribution in [2.24, 2.45) is 0 Å². The van der Waals surface area contributed by atoms with Gasteiger partial charge in [0.2, 0.25) is 0 Å². The molecule has 0 heterocycles. The van der Waals surface area contributed by atoms with E-state index < -0.39 is 5.82 Å². The van der Waals surface area contributed by atoms with Crippen LogP contribution >= 0.6 is 11.6 Å². The summed E-state index contributed by atoms with van der Waals surface area (Å²) >= 11 is 5.68. The standard InChI is InChI=1S/C12H11ClFN3/c13-9-5-7(1-3-10(9)14)17-8-2-4-11(15)12(16)6-8/h1-6,17H,15-16H2. The van der Waals surface area contributed by atoms with E-state index in [9.17, 15) is 4.39 Å². The van der Waals surface area contributed by atoms with Crippen LogP contribution in [0, 0.1) is 5.82 Å². The van der Waals surface area contributed by atoms with Crippen molar-refractivity contribution in [1.29, 1.82) is 0 Å². The molecule has 0 spiro atoms. The molecule has 0 bridgehead atoms. The number of nitrogens with one attached hydrogen (secondary N) is 1. The molecule has 2 rings (SSSR count). The highest BCUT2D eigenvalue weighted by Crippen LogP contribution is 2.25. The summed E-state index contributed by atoms with van der Waals surface area (Å²) in [7, 11) is 0. The first-order valence-electron chi connectivity index (χ1n) is 4.93. The normalized spacial score (nSPS) is 10.2. The molecule has 17 heavy (non-hydrogen) atoms. The smallest absolute Gasteiger partial charge is 0.141 e. The van der Waals surface area contributed by atoms with E-state index in [0.29, 0.717) is 17.1 Å². The zero-order valence-electron chi connectivity index (χ0n) is 8.87. The molecule has 2 aromatic carbocycles. The molecule has 0 aromatic heterocycles. The molecule has 0 amide bonds. The molecule has 5 N–H and O–H groups in total. The summed E-state index contributed by atoms with van der Waals surface area (Å²) in [4.78, 5) is 0. The lowest BCUT2D eigenvalue weighted by atomic mass is 10.2. The molecule has 0 radical (unpaired) electrons. The van der Waals surface area contributed by atoms with E-state index >= 15 is 0 Å². The first-order chi connectivity index (χ1) is 8.06. The average molecular weight is 252 g/mol. The van der Waals surface area contributed by atoms with Gasteiger partial charge in [0.25, 0.3) is 0 Å². The Labute approximate surface area is 103 Å². The van der Waals surface area contributed by atoms with E-state index in [-0.39, 0.29) is 5.02 Å². The fraction of sp³-hybridized carbons (Fsp3) is 0. The van der Waals surface area contributed by atoms with Gasteiger partial charge < -0.3 is 16.8 Å². The Balaban J connectivity index is 2.25. The lowest BCUT2D eigenvalue weighted by molar-refractivity contribution is 0.628. The first kappa shape index (κ1) is 11.5. The summed E-state index contributed by atoms with van der Waals surface area (Å²) in [5.41, 5.74) is 13.7. The number of halogens is 2. The molecule has 0 aliphatic heterocycles. The van der Waals surface area contributed by atoms with E-state index in [2.05, 4.69) is 5.32 Å². The number of hydrogen-bond acceptors (Lipinski definition) is 3. The minimum Gasteiger partial charge on any atom is -0.397 e. The molecule has 0 unspecified atom stereocenters. The summed E-state index contributed by atoms with van der Waals surface area (Å²) in [6, 6.07) is 9.57. The molecule has 0 atom stereocenters. The van der Waals surface area contributed by atoms with Crippen LogP contribution in [0.25, 0.3) is 0 Å². The number of hydrogen-bond donors (Lipinski definition) is 3. The molecule has 0 saturated carbocycles. The Morgan fingerprint density at radius 1 is 0.941 bits per heavy atom. The van der Waals surface area contributed by atoms with Crippen LogP contribution in [0.3, 0.4) is 0 Å². The Hall–Kier alpha value is -1.94. The maximum absolute atomic E-state index is 13.0. The van der Waals surface area contributed by atoms with Crippen molar-refractivity contribution in [3.63, 3.8) is 0 Å². The van der Waals surface area contributed by atoms with Gasteiger partial charge in [-0.05, 0) is 36.4 Å². The van der Waals surface area contributed by atoms with Gasteiger partial charge in [0.15, 0.2) is 0 Å². The minimum atomic E-state index is -0.450.